The van der Waals surface area contributed by atoms with Crippen LogP contribution in [0.5, 0.6) is 5.75 Å². The Labute approximate surface area is 109 Å². The van der Waals surface area contributed by atoms with Crippen LogP contribution < -0.4 is 15.8 Å². The van der Waals surface area contributed by atoms with Gasteiger partial charge in [-0.2, -0.15) is 0 Å². The fraction of sp³-hybridized carbons (Fsp3) is 0.500. The van der Waals surface area contributed by atoms with E-state index in [2.05, 4.69) is 5.32 Å². The van der Waals surface area contributed by atoms with Gasteiger partial charge in [0.1, 0.15) is 5.75 Å². The number of methoxy groups -OCH3 is 1. The third-order valence-electron chi connectivity index (χ3n) is 3.11. The lowest BCUT2D eigenvalue weighted by atomic mass is 10.0. The van der Waals surface area contributed by atoms with Gasteiger partial charge in [-0.05, 0) is 36.6 Å². The van der Waals surface area contributed by atoms with E-state index in [9.17, 15) is 4.79 Å². The molecule has 4 heteroatoms. The molecule has 0 aliphatic carbocycles. The summed E-state index contributed by atoms with van der Waals surface area (Å²) in [5, 5.41) is 2.90. The van der Waals surface area contributed by atoms with E-state index in [0.717, 1.165) is 22.4 Å². The van der Waals surface area contributed by atoms with Crippen LogP contribution >= 0.6 is 0 Å². The van der Waals surface area contributed by atoms with E-state index in [-0.39, 0.29) is 11.8 Å². The number of carbonyl (C=O) groups is 1. The predicted octanol–water partition coefficient (Wildman–Crippen LogP) is 1.52. The molecule has 0 saturated heterocycles. The number of nitrogens with two attached hydrogens (primary N) is 1. The van der Waals surface area contributed by atoms with E-state index in [1.54, 1.807) is 7.11 Å². The highest BCUT2D eigenvalue weighted by Gasteiger charge is 2.11. The topological polar surface area (TPSA) is 64.3 Å². The van der Waals surface area contributed by atoms with Gasteiger partial charge in [0, 0.05) is 19.0 Å². The van der Waals surface area contributed by atoms with E-state index >= 15 is 0 Å². The third-order valence-corrected chi connectivity index (χ3v) is 3.11. The van der Waals surface area contributed by atoms with Gasteiger partial charge in [-0.3, -0.25) is 4.79 Å². The maximum atomic E-state index is 11.7. The highest BCUT2D eigenvalue weighted by atomic mass is 16.5. The molecule has 3 N–H and O–H groups in total. The highest BCUT2D eigenvalue weighted by Crippen LogP contribution is 2.22. The van der Waals surface area contributed by atoms with Crippen molar-refractivity contribution in [2.24, 2.45) is 11.7 Å². The molecule has 0 aromatic heterocycles. The van der Waals surface area contributed by atoms with Crippen molar-refractivity contribution in [1.82, 2.24) is 5.32 Å². The first-order valence-corrected chi connectivity index (χ1v) is 6.11. The molecule has 0 radical (unpaired) electrons. The molecule has 18 heavy (non-hydrogen) atoms. The normalized spacial score (nSPS) is 12.1. The maximum Gasteiger partial charge on any atom is 0.224 e. The first-order chi connectivity index (χ1) is 8.49. The lowest BCUT2D eigenvalue weighted by Crippen LogP contribution is -2.32. The second kappa shape index (κ2) is 6.40. The number of amides is 1. The molecule has 1 rings (SSSR count). The molecule has 1 amide bonds. The Morgan fingerprint density at radius 1 is 1.39 bits per heavy atom. The lowest BCUT2D eigenvalue weighted by Gasteiger charge is -2.14. The molecule has 1 atom stereocenters. The SMILES string of the molecule is COc1cc(C)c(CNC(=O)C(C)CN)cc1C. The summed E-state index contributed by atoms with van der Waals surface area (Å²) in [6.07, 6.45) is 0. The van der Waals surface area contributed by atoms with Gasteiger partial charge in [-0.1, -0.05) is 13.0 Å². The fourth-order valence-electron chi connectivity index (χ4n) is 1.72. The molecular weight excluding hydrogens is 228 g/mol. The molecule has 0 spiro atoms. The van der Waals surface area contributed by atoms with Crippen LogP contribution in [0.2, 0.25) is 0 Å². The summed E-state index contributed by atoms with van der Waals surface area (Å²) in [6.45, 7) is 6.72. The summed E-state index contributed by atoms with van der Waals surface area (Å²) >= 11 is 0. The summed E-state index contributed by atoms with van der Waals surface area (Å²) in [4.78, 5) is 11.7. The largest absolute Gasteiger partial charge is 0.496 e. The summed E-state index contributed by atoms with van der Waals surface area (Å²) in [7, 11) is 1.66. The Bertz CT molecular complexity index is 430. The molecule has 0 aliphatic rings. The minimum atomic E-state index is -0.148. The molecule has 0 fully saturated rings. The van der Waals surface area contributed by atoms with Crippen LogP contribution in [0.4, 0.5) is 0 Å². The van der Waals surface area contributed by atoms with Crippen molar-refractivity contribution in [2.75, 3.05) is 13.7 Å². The van der Waals surface area contributed by atoms with Gasteiger partial charge in [0.15, 0.2) is 0 Å². The number of nitrogens with one attached hydrogen (secondary N) is 1. The monoisotopic (exact) mass is 250 g/mol. The average Bonchev–Trinajstić information content (AvgIpc) is 2.37. The molecule has 4 nitrogen and oxygen atoms in total. The summed E-state index contributed by atoms with van der Waals surface area (Å²) in [5.74, 6) is 0.716. The number of carbonyl (C=O) groups excluding carboxylic acids is 1. The first-order valence-electron chi connectivity index (χ1n) is 6.11. The quantitative estimate of drug-likeness (QED) is 0.833. The molecule has 100 valence electrons. The zero-order chi connectivity index (χ0) is 13.7. The van der Waals surface area contributed by atoms with Gasteiger partial charge in [0.05, 0.1) is 7.11 Å². The average molecular weight is 250 g/mol. The number of benzene rings is 1. The minimum absolute atomic E-state index is 0.00892. The van der Waals surface area contributed by atoms with Crippen molar-refractivity contribution in [1.29, 1.82) is 0 Å². The Morgan fingerprint density at radius 2 is 2.06 bits per heavy atom. The van der Waals surface area contributed by atoms with Crippen LogP contribution in [-0.2, 0) is 11.3 Å². The Kier molecular flexibility index (Phi) is 5.16. The molecule has 0 aliphatic heterocycles. The van der Waals surface area contributed by atoms with Gasteiger partial charge < -0.3 is 15.8 Å². The van der Waals surface area contributed by atoms with Gasteiger partial charge in [-0.15, -0.1) is 0 Å². The standard InChI is InChI=1S/C14H22N2O2/c1-9-6-13(18-4)10(2)5-12(9)8-16-14(17)11(3)7-15/h5-6,11H,7-8,15H2,1-4H3,(H,16,17). The Morgan fingerprint density at radius 3 is 2.61 bits per heavy atom. The zero-order valence-electron chi connectivity index (χ0n) is 11.5. The van der Waals surface area contributed by atoms with E-state index in [0.29, 0.717) is 13.1 Å². The number of hydrogen-bond donors (Lipinski definition) is 2. The fourth-order valence-corrected chi connectivity index (χ4v) is 1.72. The number of hydrogen-bond acceptors (Lipinski definition) is 3. The van der Waals surface area contributed by atoms with E-state index in [1.807, 2.05) is 32.9 Å². The van der Waals surface area contributed by atoms with Crippen molar-refractivity contribution < 1.29 is 9.53 Å². The molecule has 0 bridgehead atoms. The van der Waals surface area contributed by atoms with Crippen LogP contribution in [-0.4, -0.2) is 19.6 Å². The van der Waals surface area contributed by atoms with E-state index in [1.165, 1.54) is 0 Å². The van der Waals surface area contributed by atoms with Crippen LogP contribution in [0.15, 0.2) is 12.1 Å². The molecule has 1 aromatic rings. The second-order valence-electron chi connectivity index (χ2n) is 4.60. The minimum Gasteiger partial charge on any atom is -0.496 e. The highest BCUT2D eigenvalue weighted by molar-refractivity contribution is 5.78. The van der Waals surface area contributed by atoms with Crippen molar-refractivity contribution in [3.63, 3.8) is 0 Å². The van der Waals surface area contributed by atoms with Crippen molar-refractivity contribution in [2.45, 2.75) is 27.3 Å². The first kappa shape index (κ1) is 14.5. The Balaban J connectivity index is 2.74. The summed E-state index contributed by atoms with van der Waals surface area (Å²) in [6, 6.07) is 4.03. The molecule has 1 aromatic carbocycles. The van der Waals surface area contributed by atoms with Crippen molar-refractivity contribution in [3.8, 4) is 5.75 Å². The van der Waals surface area contributed by atoms with E-state index in [4.69, 9.17) is 10.5 Å². The van der Waals surface area contributed by atoms with Crippen molar-refractivity contribution in [3.05, 3.63) is 28.8 Å². The number of rotatable bonds is 5. The van der Waals surface area contributed by atoms with Gasteiger partial charge in [-0.25, -0.2) is 0 Å². The van der Waals surface area contributed by atoms with Crippen LogP contribution in [0.3, 0.4) is 0 Å². The van der Waals surface area contributed by atoms with Gasteiger partial charge >= 0.3 is 0 Å². The molecule has 0 saturated carbocycles. The molecule has 1 unspecified atom stereocenters. The van der Waals surface area contributed by atoms with Crippen LogP contribution in [0, 0.1) is 19.8 Å². The van der Waals surface area contributed by atoms with Crippen LogP contribution in [0.1, 0.15) is 23.6 Å². The number of ether oxygens (including phenoxy) is 1. The van der Waals surface area contributed by atoms with Gasteiger partial charge in [0.25, 0.3) is 0 Å². The van der Waals surface area contributed by atoms with Crippen LogP contribution in [0.25, 0.3) is 0 Å². The van der Waals surface area contributed by atoms with Gasteiger partial charge in [0.2, 0.25) is 5.91 Å². The lowest BCUT2D eigenvalue weighted by molar-refractivity contribution is -0.124. The Hall–Kier alpha value is -1.55. The summed E-state index contributed by atoms with van der Waals surface area (Å²) in [5.41, 5.74) is 8.74. The smallest absolute Gasteiger partial charge is 0.224 e. The zero-order valence-corrected chi connectivity index (χ0v) is 11.5. The van der Waals surface area contributed by atoms with Crippen molar-refractivity contribution >= 4 is 5.91 Å². The molecule has 0 heterocycles. The maximum absolute atomic E-state index is 11.7. The van der Waals surface area contributed by atoms with E-state index < -0.39 is 0 Å². The number of aryl methyl sites for hydroxylation is 2. The summed E-state index contributed by atoms with van der Waals surface area (Å²) < 4.78 is 5.26. The predicted molar refractivity (Wildman–Crippen MR) is 72.5 cm³/mol. The molecular formula is C14H22N2O2. The third kappa shape index (κ3) is 3.47. The second-order valence-corrected chi connectivity index (χ2v) is 4.60.